The van der Waals surface area contributed by atoms with Gasteiger partial charge in [0.25, 0.3) is 0 Å². The molecular formula is C62H119NO5. The van der Waals surface area contributed by atoms with E-state index in [0.717, 1.165) is 64.2 Å². The van der Waals surface area contributed by atoms with Crippen molar-refractivity contribution in [1.82, 2.24) is 5.32 Å². The number of ether oxygens (including phenoxy) is 1. The van der Waals surface area contributed by atoms with Crippen LogP contribution in [0.4, 0.5) is 0 Å². The van der Waals surface area contributed by atoms with Gasteiger partial charge in [-0.15, -0.1) is 0 Å². The average molecular weight is 959 g/mol. The van der Waals surface area contributed by atoms with Gasteiger partial charge in [0, 0.05) is 12.8 Å². The third kappa shape index (κ3) is 53.7. The first kappa shape index (κ1) is 66.3. The summed E-state index contributed by atoms with van der Waals surface area (Å²) in [4.78, 5) is 24.6. The lowest BCUT2D eigenvalue weighted by Gasteiger charge is -2.22. The van der Waals surface area contributed by atoms with Crippen molar-refractivity contribution >= 4 is 11.9 Å². The van der Waals surface area contributed by atoms with Crippen LogP contribution >= 0.6 is 0 Å². The lowest BCUT2D eigenvalue weighted by atomic mass is 10.0. The Hall–Kier alpha value is -1.66. The predicted octanol–water partition coefficient (Wildman–Crippen LogP) is 19.0. The standard InChI is InChI=1S/C62H119NO5/c1-3-5-7-9-11-13-15-17-19-21-23-24-25-27-28-30-32-34-38-42-46-50-54-60(65)59(58-64)63-61(66)55-51-47-43-39-36-37-41-45-49-53-57-68-62(67)56-52-48-44-40-35-33-31-29-26-22-20-18-16-14-12-10-8-6-4-2/h12,14,18,20,59-60,64-65H,3-11,13,15-17,19,21-58H2,1-2H3,(H,63,66)/b14-12-,20-18-. The molecule has 0 radical (unpaired) electrons. The van der Waals surface area contributed by atoms with Crippen molar-refractivity contribution in [2.24, 2.45) is 0 Å². The molecule has 0 fully saturated rings. The third-order valence-electron chi connectivity index (χ3n) is 14.3. The molecule has 0 aliphatic carbocycles. The number of aliphatic hydroxyl groups is 2. The highest BCUT2D eigenvalue weighted by Gasteiger charge is 2.20. The zero-order chi connectivity index (χ0) is 49.3. The summed E-state index contributed by atoms with van der Waals surface area (Å²) in [6, 6.07) is -0.560. The Labute approximate surface area is 424 Å². The van der Waals surface area contributed by atoms with Gasteiger partial charge in [-0.1, -0.05) is 289 Å². The number of unbranched alkanes of at least 4 members (excludes halogenated alkanes) is 42. The smallest absolute Gasteiger partial charge is 0.305 e. The maximum absolute atomic E-state index is 12.5. The van der Waals surface area contributed by atoms with Gasteiger partial charge in [0.2, 0.25) is 5.91 Å². The number of aliphatic hydroxyl groups excluding tert-OH is 2. The number of carbonyl (C=O) groups is 2. The highest BCUT2D eigenvalue weighted by atomic mass is 16.5. The van der Waals surface area contributed by atoms with Crippen LogP contribution in [-0.2, 0) is 14.3 Å². The van der Waals surface area contributed by atoms with Crippen LogP contribution in [0.2, 0.25) is 0 Å². The first-order valence-electron chi connectivity index (χ1n) is 30.6. The van der Waals surface area contributed by atoms with E-state index in [1.807, 2.05) is 0 Å². The topological polar surface area (TPSA) is 95.9 Å². The molecule has 3 N–H and O–H groups in total. The van der Waals surface area contributed by atoms with E-state index in [1.165, 1.54) is 238 Å². The highest BCUT2D eigenvalue weighted by Crippen LogP contribution is 2.18. The Morgan fingerprint density at radius 1 is 0.412 bits per heavy atom. The van der Waals surface area contributed by atoms with Gasteiger partial charge in [0.05, 0.1) is 25.4 Å². The number of carbonyl (C=O) groups excluding carboxylic acids is 2. The third-order valence-corrected chi connectivity index (χ3v) is 14.3. The van der Waals surface area contributed by atoms with Crippen molar-refractivity contribution in [1.29, 1.82) is 0 Å². The molecule has 0 aliphatic heterocycles. The molecule has 0 aromatic carbocycles. The van der Waals surface area contributed by atoms with E-state index in [0.29, 0.717) is 25.9 Å². The Balaban J connectivity index is 3.45. The van der Waals surface area contributed by atoms with Crippen LogP contribution in [0.1, 0.15) is 335 Å². The van der Waals surface area contributed by atoms with Gasteiger partial charge in [-0.2, -0.15) is 0 Å². The molecule has 0 aliphatic rings. The van der Waals surface area contributed by atoms with Gasteiger partial charge in [0.15, 0.2) is 0 Å². The molecule has 0 saturated carbocycles. The zero-order valence-electron chi connectivity index (χ0n) is 45.9. The Kier molecular flexibility index (Phi) is 56.5. The van der Waals surface area contributed by atoms with Crippen LogP contribution < -0.4 is 5.32 Å². The van der Waals surface area contributed by atoms with Crippen LogP contribution in [0, 0.1) is 0 Å². The Morgan fingerprint density at radius 3 is 1.15 bits per heavy atom. The summed E-state index contributed by atoms with van der Waals surface area (Å²) in [5.41, 5.74) is 0. The van der Waals surface area contributed by atoms with Gasteiger partial charge in [-0.25, -0.2) is 0 Å². The quantitative estimate of drug-likeness (QED) is 0.0321. The Bertz CT molecular complexity index is 1060. The fraction of sp³-hybridized carbons (Fsp3) is 0.903. The molecule has 0 spiro atoms. The van der Waals surface area contributed by atoms with E-state index >= 15 is 0 Å². The van der Waals surface area contributed by atoms with Crippen LogP contribution in [0.25, 0.3) is 0 Å². The summed E-state index contributed by atoms with van der Waals surface area (Å²) >= 11 is 0. The molecular weight excluding hydrogens is 839 g/mol. The van der Waals surface area contributed by atoms with Crippen LogP contribution in [0.15, 0.2) is 24.3 Å². The van der Waals surface area contributed by atoms with E-state index in [2.05, 4.69) is 43.5 Å². The summed E-state index contributed by atoms with van der Waals surface area (Å²) in [6.07, 6.45) is 70.3. The summed E-state index contributed by atoms with van der Waals surface area (Å²) in [7, 11) is 0. The normalized spacial score (nSPS) is 12.7. The molecule has 0 saturated heterocycles. The average Bonchev–Trinajstić information content (AvgIpc) is 3.34. The van der Waals surface area contributed by atoms with Crippen molar-refractivity contribution in [2.75, 3.05) is 13.2 Å². The molecule has 6 nitrogen and oxygen atoms in total. The second-order valence-electron chi connectivity index (χ2n) is 21.0. The van der Waals surface area contributed by atoms with Gasteiger partial charge in [0.1, 0.15) is 0 Å². The summed E-state index contributed by atoms with van der Waals surface area (Å²) in [6.45, 7) is 4.90. The number of rotatable bonds is 57. The van der Waals surface area contributed by atoms with E-state index < -0.39 is 12.1 Å². The lowest BCUT2D eigenvalue weighted by Crippen LogP contribution is -2.45. The minimum Gasteiger partial charge on any atom is -0.466 e. The SMILES string of the molecule is CCCCC/C=C\C/C=C\CCCCCCCCCCCC(=O)OCCCCCCCCCCCCC(=O)NC(CO)C(O)CCCCCCCCCCCCCCCCCCCCCCCC. The van der Waals surface area contributed by atoms with Crippen LogP contribution in [0.3, 0.4) is 0 Å². The number of esters is 1. The monoisotopic (exact) mass is 958 g/mol. The lowest BCUT2D eigenvalue weighted by molar-refractivity contribution is -0.143. The number of amides is 1. The molecule has 2 atom stereocenters. The first-order valence-corrected chi connectivity index (χ1v) is 30.6. The maximum atomic E-state index is 12.5. The summed E-state index contributed by atoms with van der Waals surface area (Å²) in [5, 5.41) is 23.4. The molecule has 0 rings (SSSR count). The molecule has 0 heterocycles. The van der Waals surface area contributed by atoms with Crippen LogP contribution in [-0.4, -0.2) is 47.4 Å². The minimum atomic E-state index is -0.680. The van der Waals surface area contributed by atoms with E-state index in [1.54, 1.807) is 0 Å². The first-order chi connectivity index (χ1) is 33.5. The summed E-state index contributed by atoms with van der Waals surface area (Å²) < 4.78 is 5.48. The Morgan fingerprint density at radius 2 is 0.735 bits per heavy atom. The van der Waals surface area contributed by atoms with E-state index in [9.17, 15) is 19.8 Å². The van der Waals surface area contributed by atoms with Gasteiger partial charge >= 0.3 is 5.97 Å². The number of hydrogen-bond acceptors (Lipinski definition) is 5. The van der Waals surface area contributed by atoms with E-state index in [4.69, 9.17) is 4.74 Å². The molecule has 0 aromatic rings. The molecule has 402 valence electrons. The van der Waals surface area contributed by atoms with Gasteiger partial charge in [-0.3, -0.25) is 9.59 Å². The van der Waals surface area contributed by atoms with Crippen molar-refractivity contribution in [2.45, 2.75) is 347 Å². The largest absolute Gasteiger partial charge is 0.466 e. The van der Waals surface area contributed by atoms with Crippen molar-refractivity contribution in [3.05, 3.63) is 24.3 Å². The highest BCUT2D eigenvalue weighted by molar-refractivity contribution is 5.76. The maximum Gasteiger partial charge on any atom is 0.305 e. The van der Waals surface area contributed by atoms with Crippen LogP contribution in [0.5, 0.6) is 0 Å². The van der Waals surface area contributed by atoms with Crippen molar-refractivity contribution in [3.8, 4) is 0 Å². The minimum absolute atomic E-state index is 0.0214. The summed E-state index contributed by atoms with van der Waals surface area (Å²) in [5.74, 6) is -0.0760. The number of nitrogens with one attached hydrogen (secondary N) is 1. The fourth-order valence-electron chi connectivity index (χ4n) is 9.55. The molecule has 0 bridgehead atoms. The molecule has 1 amide bonds. The molecule has 0 aromatic heterocycles. The molecule has 2 unspecified atom stereocenters. The van der Waals surface area contributed by atoms with Crippen molar-refractivity contribution < 1.29 is 24.5 Å². The van der Waals surface area contributed by atoms with Gasteiger partial charge in [-0.05, 0) is 57.8 Å². The van der Waals surface area contributed by atoms with Gasteiger partial charge < -0.3 is 20.3 Å². The second kappa shape index (κ2) is 57.9. The molecule has 68 heavy (non-hydrogen) atoms. The van der Waals surface area contributed by atoms with Crippen molar-refractivity contribution in [3.63, 3.8) is 0 Å². The zero-order valence-corrected chi connectivity index (χ0v) is 45.9. The number of hydrogen-bond donors (Lipinski definition) is 3. The van der Waals surface area contributed by atoms with E-state index in [-0.39, 0.29) is 18.5 Å². The second-order valence-corrected chi connectivity index (χ2v) is 21.0. The predicted molar refractivity (Wildman–Crippen MR) is 296 cm³/mol. The molecule has 6 heteroatoms. The fourth-order valence-corrected chi connectivity index (χ4v) is 9.55. The number of allylic oxidation sites excluding steroid dienone is 4.